The summed E-state index contributed by atoms with van der Waals surface area (Å²) in [5, 5.41) is 2.27. The molecule has 5 N–H and O–H groups in total. The van der Waals surface area contributed by atoms with Crippen LogP contribution < -0.4 is 21.5 Å². The fourth-order valence-corrected chi connectivity index (χ4v) is 2.89. The molecule has 0 saturated carbocycles. The number of aliphatic imine (C=N–C) groups is 2. The lowest BCUT2D eigenvalue weighted by molar-refractivity contribution is -0.121. The number of amidine groups is 1. The number of anilines is 1. The zero-order valence-electron chi connectivity index (χ0n) is 12.7. The maximum Gasteiger partial charge on any atom is 0.262 e. The molecule has 1 heterocycles. The van der Waals surface area contributed by atoms with E-state index in [1.807, 2.05) is 13.0 Å². The first-order valence-electron chi connectivity index (χ1n) is 6.72. The Morgan fingerprint density at radius 3 is 2.87 bits per heavy atom. The van der Waals surface area contributed by atoms with Crippen LogP contribution in [0.1, 0.15) is 12.0 Å². The molecule has 0 saturated heterocycles. The SMILES string of the molecule is COc1ccc(C)cc1NC(=O)C[C@@H]1SC(N=C(N)N)=NC1=O. The van der Waals surface area contributed by atoms with Crippen molar-refractivity contribution >= 4 is 40.4 Å². The van der Waals surface area contributed by atoms with Crippen molar-refractivity contribution in [1.29, 1.82) is 0 Å². The number of nitrogens with two attached hydrogens (primary N) is 2. The summed E-state index contributed by atoms with van der Waals surface area (Å²) in [4.78, 5) is 31.3. The number of aryl methyl sites for hydroxylation is 1. The van der Waals surface area contributed by atoms with Crippen molar-refractivity contribution in [1.82, 2.24) is 0 Å². The molecule has 0 aromatic heterocycles. The van der Waals surface area contributed by atoms with Gasteiger partial charge in [0, 0.05) is 6.42 Å². The molecule has 0 aliphatic carbocycles. The second kappa shape index (κ2) is 7.14. The fraction of sp³-hybridized carbons (Fsp3) is 0.286. The van der Waals surface area contributed by atoms with Crippen LogP contribution in [0.15, 0.2) is 28.2 Å². The van der Waals surface area contributed by atoms with Gasteiger partial charge in [0.2, 0.25) is 5.91 Å². The minimum atomic E-state index is -0.635. The minimum absolute atomic E-state index is 0.0341. The number of carbonyl (C=O) groups is 2. The third-order valence-corrected chi connectivity index (χ3v) is 4.00. The van der Waals surface area contributed by atoms with E-state index in [0.717, 1.165) is 17.3 Å². The first-order chi connectivity index (χ1) is 10.9. The van der Waals surface area contributed by atoms with E-state index in [1.54, 1.807) is 12.1 Å². The van der Waals surface area contributed by atoms with Gasteiger partial charge in [0.25, 0.3) is 5.91 Å². The Labute approximate surface area is 137 Å². The van der Waals surface area contributed by atoms with Crippen LogP contribution in [-0.2, 0) is 9.59 Å². The van der Waals surface area contributed by atoms with Gasteiger partial charge in [-0.15, -0.1) is 0 Å². The molecule has 2 rings (SSSR count). The van der Waals surface area contributed by atoms with Crippen LogP contribution in [-0.4, -0.2) is 35.3 Å². The Kier molecular flexibility index (Phi) is 5.22. The molecule has 0 unspecified atom stereocenters. The lowest BCUT2D eigenvalue weighted by Crippen LogP contribution is -2.23. The van der Waals surface area contributed by atoms with Crippen LogP contribution in [0.3, 0.4) is 0 Å². The van der Waals surface area contributed by atoms with Gasteiger partial charge in [-0.05, 0) is 24.6 Å². The predicted molar refractivity (Wildman–Crippen MR) is 90.6 cm³/mol. The van der Waals surface area contributed by atoms with E-state index in [0.29, 0.717) is 11.4 Å². The Balaban J connectivity index is 2.00. The third-order valence-electron chi connectivity index (χ3n) is 2.95. The van der Waals surface area contributed by atoms with Crippen molar-refractivity contribution in [3.8, 4) is 5.75 Å². The zero-order valence-corrected chi connectivity index (χ0v) is 13.5. The third kappa shape index (κ3) is 4.46. The Morgan fingerprint density at radius 2 is 2.22 bits per heavy atom. The number of hydrogen-bond acceptors (Lipinski definition) is 5. The van der Waals surface area contributed by atoms with Gasteiger partial charge in [0.1, 0.15) is 11.0 Å². The molecule has 8 nitrogen and oxygen atoms in total. The summed E-state index contributed by atoms with van der Waals surface area (Å²) in [6.45, 7) is 1.90. The second-order valence-corrected chi connectivity index (χ2v) is 6.00. The molecule has 0 fully saturated rings. The summed E-state index contributed by atoms with van der Waals surface area (Å²) in [5.41, 5.74) is 12.0. The summed E-state index contributed by atoms with van der Waals surface area (Å²) in [7, 11) is 1.52. The standard InChI is InChI=1S/C14H17N5O3S/c1-7-3-4-9(22-2)8(5-7)17-11(20)6-10-12(21)18-14(23-10)19-13(15)16/h3-5,10H,6H2,1-2H3,(H,17,20)(H4,15,16,18,19,21)/t10-/m0/s1. The highest BCUT2D eigenvalue weighted by Gasteiger charge is 2.30. The van der Waals surface area contributed by atoms with Gasteiger partial charge < -0.3 is 21.5 Å². The van der Waals surface area contributed by atoms with Crippen molar-refractivity contribution in [2.24, 2.45) is 21.5 Å². The number of nitrogens with zero attached hydrogens (tertiary/aromatic N) is 2. The molecule has 0 spiro atoms. The number of amides is 2. The number of carbonyl (C=O) groups excluding carboxylic acids is 2. The first-order valence-corrected chi connectivity index (χ1v) is 7.60. The number of methoxy groups -OCH3 is 1. The van der Waals surface area contributed by atoms with E-state index in [9.17, 15) is 9.59 Å². The normalized spacial score (nSPS) is 16.7. The largest absolute Gasteiger partial charge is 0.495 e. The summed E-state index contributed by atoms with van der Waals surface area (Å²) in [6.07, 6.45) is -0.0341. The van der Waals surface area contributed by atoms with Crippen molar-refractivity contribution in [2.45, 2.75) is 18.6 Å². The van der Waals surface area contributed by atoms with E-state index in [-0.39, 0.29) is 23.5 Å². The van der Waals surface area contributed by atoms with Crippen molar-refractivity contribution in [2.75, 3.05) is 12.4 Å². The number of hydrogen-bond donors (Lipinski definition) is 3. The highest BCUT2D eigenvalue weighted by molar-refractivity contribution is 8.15. The Morgan fingerprint density at radius 1 is 1.48 bits per heavy atom. The van der Waals surface area contributed by atoms with Crippen LogP contribution in [0, 0.1) is 6.92 Å². The monoisotopic (exact) mass is 335 g/mol. The molecule has 1 aromatic rings. The molecule has 9 heteroatoms. The van der Waals surface area contributed by atoms with E-state index in [1.165, 1.54) is 7.11 Å². The van der Waals surface area contributed by atoms with E-state index in [2.05, 4.69) is 15.3 Å². The number of thioether (sulfide) groups is 1. The van der Waals surface area contributed by atoms with E-state index < -0.39 is 11.2 Å². The van der Waals surface area contributed by atoms with Gasteiger partial charge in [0.05, 0.1) is 12.8 Å². The summed E-state index contributed by atoms with van der Waals surface area (Å²) in [6, 6.07) is 5.43. The van der Waals surface area contributed by atoms with Crippen molar-refractivity contribution in [3.05, 3.63) is 23.8 Å². The van der Waals surface area contributed by atoms with E-state index in [4.69, 9.17) is 16.2 Å². The van der Waals surface area contributed by atoms with Crippen LogP contribution >= 0.6 is 11.8 Å². The quantitative estimate of drug-likeness (QED) is 0.545. The summed E-state index contributed by atoms with van der Waals surface area (Å²) >= 11 is 1.06. The molecule has 1 aliphatic rings. The lowest BCUT2D eigenvalue weighted by atomic mass is 10.2. The van der Waals surface area contributed by atoms with Crippen LogP contribution in [0.2, 0.25) is 0 Å². The number of benzene rings is 1. The molecule has 1 aromatic carbocycles. The molecule has 0 bridgehead atoms. The average Bonchev–Trinajstić information content (AvgIpc) is 2.77. The molecule has 2 amide bonds. The molecular formula is C14H17N5O3S. The maximum absolute atomic E-state index is 12.2. The molecular weight excluding hydrogens is 318 g/mol. The fourth-order valence-electron chi connectivity index (χ4n) is 1.95. The average molecular weight is 335 g/mol. The lowest BCUT2D eigenvalue weighted by Gasteiger charge is -2.12. The molecule has 23 heavy (non-hydrogen) atoms. The first kappa shape index (κ1) is 16.8. The van der Waals surface area contributed by atoms with Gasteiger partial charge >= 0.3 is 0 Å². The predicted octanol–water partition coefficient (Wildman–Crippen LogP) is 0.604. The van der Waals surface area contributed by atoms with Crippen LogP contribution in [0.4, 0.5) is 5.69 Å². The Bertz CT molecular complexity index is 698. The molecule has 1 aliphatic heterocycles. The van der Waals surface area contributed by atoms with Gasteiger partial charge in [0.15, 0.2) is 11.1 Å². The van der Waals surface area contributed by atoms with Gasteiger partial charge in [-0.3, -0.25) is 9.59 Å². The number of ether oxygens (including phenoxy) is 1. The maximum atomic E-state index is 12.2. The minimum Gasteiger partial charge on any atom is -0.495 e. The van der Waals surface area contributed by atoms with Crippen molar-refractivity contribution < 1.29 is 14.3 Å². The number of rotatable bonds is 4. The van der Waals surface area contributed by atoms with Crippen molar-refractivity contribution in [3.63, 3.8) is 0 Å². The summed E-state index contributed by atoms with van der Waals surface area (Å²) in [5.74, 6) is -0.382. The van der Waals surface area contributed by atoms with Gasteiger partial charge in [-0.1, -0.05) is 17.8 Å². The van der Waals surface area contributed by atoms with Crippen LogP contribution in [0.25, 0.3) is 0 Å². The van der Waals surface area contributed by atoms with E-state index >= 15 is 0 Å². The van der Waals surface area contributed by atoms with Gasteiger partial charge in [-0.2, -0.15) is 9.98 Å². The molecule has 1 atom stereocenters. The highest BCUT2D eigenvalue weighted by atomic mass is 32.2. The smallest absolute Gasteiger partial charge is 0.262 e. The highest BCUT2D eigenvalue weighted by Crippen LogP contribution is 2.28. The number of guanidine groups is 1. The topological polar surface area (TPSA) is 132 Å². The zero-order chi connectivity index (χ0) is 17.0. The van der Waals surface area contributed by atoms with Gasteiger partial charge in [-0.25, -0.2) is 0 Å². The summed E-state index contributed by atoms with van der Waals surface area (Å²) < 4.78 is 5.20. The number of nitrogens with one attached hydrogen (secondary N) is 1. The van der Waals surface area contributed by atoms with Crippen LogP contribution in [0.5, 0.6) is 5.75 Å². The Hall–Kier alpha value is -2.55. The molecule has 122 valence electrons. The second-order valence-electron chi connectivity index (χ2n) is 4.83. The molecule has 0 radical (unpaired) electrons.